The van der Waals surface area contributed by atoms with Crippen LogP contribution in [-0.2, 0) is 0 Å². The van der Waals surface area contributed by atoms with Crippen molar-refractivity contribution in [3.05, 3.63) is 17.8 Å². The fourth-order valence-corrected chi connectivity index (χ4v) is 1.04. The zero-order valence-corrected chi connectivity index (χ0v) is 10.3. The Balaban J connectivity index is 0.000000921. The minimum atomic E-state index is 0.457. The highest BCUT2D eigenvalue weighted by atomic mass is 14.9. The van der Waals surface area contributed by atoms with E-state index in [1.54, 1.807) is 12.4 Å². The molecule has 0 aliphatic carbocycles. The number of nitrogen functional groups attached to an aromatic ring is 1. The average Bonchev–Trinajstić information content (AvgIpc) is 2.24. The Morgan fingerprint density at radius 2 is 2.00 bits per heavy atom. The van der Waals surface area contributed by atoms with Gasteiger partial charge in [0.2, 0.25) is 0 Å². The van der Waals surface area contributed by atoms with Crippen molar-refractivity contribution < 1.29 is 0 Å². The zero-order valence-electron chi connectivity index (χ0n) is 10.3. The van der Waals surface area contributed by atoms with Crippen molar-refractivity contribution in [3.63, 3.8) is 0 Å². The second kappa shape index (κ2) is 6.98. The first-order valence-corrected chi connectivity index (χ1v) is 5.39. The monoisotopic (exact) mass is 207 g/mol. The van der Waals surface area contributed by atoms with E-state index in [0.29, 0.717) is 11.7 Å². The van der Waals surface area contributed by atoms with Gasteiger partial charge in [0.1, 0.15) is 11.5 Å². The average molecular weight is 207 g/mol. The number of hydrogen-bond donors (Lipinski definition) is 1. The Bertz CT molecular complexity index is 317. The van der Waals surface area contributed by atoms with Gasteiger partial charge in [-0.2, -0.15) is 0 Å². The van der Waals surface area contributed by atoms with Crippen LogP contribution in [0.5, 0.6) is 0 Å². The van der Waals surface area contributed by atoms with Crippen LogP contribution >= 0.6 is 0 Å². The van der Waals surface area contributed by atoms with Crippen molar-refractivity contribution in [1.29, 1.82) is 0 Å². The van der Waals surface area contributed by atoms with Gasteiger partial charge in [-0.3, -0.25) is 4.99 Å². The number of rotatable bonds is 2. The quantitative estimate of drug-likeness (QED) is 0.754. The molecule has 0 bridgehead atoms. The number of pyridine rings is 1. The summed E-state index contributed by atoms with van der Waals surface area (Å²) < 4.78 is 0. The van der Waals surface area contributed by atoms with Gasteiger partial charge in [-0.15, -0.1) is 0 Å². The number of nitrogens with two attached hydrogens (primary N) is 1. The van der Waals surface area contributed by atoms with Gasteiger partial charge in [0.05, 0.1) is 0 Å². The smallest absolute Gasteiger partial charge is 0.149 e. The van der Waals surface area contributed by atoms with Crippen LogP contribution in [0, 0.1) is 0 Å². The van der Waals surface area contributed by atoms with Gasteiger partial charge in [-0.05, 0) is 24.5 Å². The molecule has 0 aromatic carbocycles. The highest BCUT2D eigenvalue weighted by molar-refractivity contribution is 5.67. The molecule has 15 heavy (non-hydrogen) atoms. The van der Waals surface area contributed by atoms with E-state index in [2.05, 4.69) is 23.8 Å². The summed E-state index contributed by atoms with van der Waals surface area (Å²) in [6.45, 7) is 10.1. The van der Waals surface area contributed by atoms with Crippen LogP contribution in [-0.4, -0.2) is 11.2 Å². The lowest BCUT2D eigenvalue weighted by Gasteiger charge is -2.06. The van der Waals surface area contributed by atoms with Crippen molar-refractivity contribution in [2.24, 2.45) is 4.99 Å². The normalized spacial score (nSPS) is 10.3. The van der Waals surface area contributed by atoms with Crippen molar-refractivity contribution >= 4 is 17.7 Å². The van der Waals surface area contributed by atoms with Gasteiger partial charge in [0, 0.05) is 12.4 Å². The molecule has 2 N–H and O–H groups in total. The van der Waals surface area contributed by atoms with Crippen LogP contribution in [0.1, 0.15) is 46.1 Å². The van der Waals surface area contributed by atoms with Crippen LogP contribution in [0.3, 0.4) is 0 Å². The lowest BCUT2D eigenvalue weighted by Crippen LogP contribution is -1.94. The molecule has 3 heteroatoms. The van der Waals surface area contributed by atoms with Gasteiger partial charge in [-0.1, -0.05) is 27.7 Å². The van der Waals surface area contributed by atoms with Crippen molar-refractivity contribution in [1.82, 2.24) is 4.98 Å². The second-order valence-corrected chi connectivity index (χ2v) is 3.22. The lowest BCUT2D eigenvalue weighted by atomic mass is 10.1. The Kier molecular flexibility index (Phi) is 6.34. The molecule has 0 radical (unpaired) electrons. The molecule has 0 aliphatic heterocycles. The molecule has 84 valence electrons. The van der Waals surface area contributed by atoms with Crippen LogP contribution in [0.2, 0.25) is 0 Å². The van der Waals surface area contributed by atoms with Crippen LogP contribution in [0.4, 0.5) is 11.5 Å². The molecule has 0 fully saturated rings. The number of anilines is 1. The summed E-state index contributed by atoms with van der Waals surface area (Å²) in [5.74, 6) is 0.946. The molecule has 0 saturated carbocycles. The third-order valence-electron chi connectivity index (χ3n) is 1.85. The van der Waals surface area contributed by atoms with E-state index in [1.807, 2.05) is 26.8 Å². The third-order valence-corrected chi connectivity index (χ3v) is 1.85. The van der Waals surface area contributed by atoms with E-state index in [1.165, 1.54) is 0 Å². The maximum absolute atomic E-state index is 5.65. The summed E-state index contributed by atoms with van der Waals surface area (Å²) >= 11 is 0. The molecule has 0 spiro atoms. The molecule has 0 amide bonds. The number of aliphatic imine (C=N–C) groups is 1. The van der Waals surface area contributed by atoms with E-state index in [4.69, 9.17) is 5.73 Å². The molecular weight excluding hydrogens is 186 g/mol. The molecule has 0 aliphatic rings. The molecule has 1 heterocycles. The topological polar surface area (TPSA) is 51.3 Å². The first kappa shape index (κ1) is 13.6. The van der Waals surface area contributed by atoms with Crippen molar-refractivity contribution in [2.45, 2.75) is 40.5 Å². The maximum atomic E-state index is 5.65. The highest BCUT2D eigenvalue weighted by Gasteiger charge is 2.03. The Morgan fingerprint density at radius 1 is 1.40 bits per heavy atom. The molecule has 3 nitrogen and oxygen atoms in total. The largest absolute Gasteiger partial charge is 0.382 e. The first-order valence-electron chi connectivity index (χ1n) is 5.39. The number of nitrogens with zero attached hydrogens (tertiary/aromatic N) is 2. The lowest BCUT2D eigenvalue weighted by molar-refractivity contribution is 0.859. The van der Waals surface area contributed by atoms with Crippen LogP contribution < -0.4 is 5.73 Å². The molecule has 1 aromatic rings. The van der Waals surface area contributed by atoms with Gasteiger partial charge < -0.3 is 5.73 Å². The van der Waals surface area contributed by atoms with E-state index in [-0.39, 0.29) is 0 Å². The molecule has 1 aromatic heterocycles. The minimum Gasteiger partial charge on any atom is -0.382 e. The summed E-state index contributed by atoms with van der Waals surface area (Å²) in [5, 5.41) is 0. The summed E-state index contributed by atoms with van der Waals surface area (Å²) in [7, 11) is 0. The highest BCUT2D eigenvalue weighted by Crippen LogP contribution is 2.24. The van der Waals surface area contributed by atoms with E-state index in [0.717, 1.165) is 11.3 Å². The molecule has 0 unspecified atom stereocenters. The Hall–Kier alpha value is -1.38. The standard InChI is InChI=1S/C10H15N3.C2H6/c1-4-12-9-5-8(7(2)3)6-13-10(9)11;1-2/h4-7H,1-3H3,(H2,11,13);1-2H3. The Morgan fingerprint density at radius 3 is 2.47 bits per heavy atom. The predicted octanol–water partition coefficient (Wildman–Crippen LogP) is 3.54. The zero-order chi connectivity index (χ0) is 11.8. The van der Waals surface area contributed by atoms with Gasteiger partial charge in [0.25, 0.3) is 0 Å². The third kappa shape index (κ3) is 4.11. The fraction of sp³-hybridized carbons (Fsp3) is 0.500. The Labute approximate surface area is 92.4 Å². The van der Waals surface area contributed by atoms with E-state index in [9.17, 15) is 0 Å². The van der Waals surface area contributed by atoms with E-state index >= 15 is 0 Å². The molecule has 0 saturated heterocycles. The molecule has 0 atom stereocenters. The second-order valence-electron chi connectivity index (χ2n) is 3.22. The summed E-state index contributed by atoms with van der Waals surface area (Å²) in [4.78, 5) is 8.22. The predicted molar refractivity (Wildman–Crippen MR) is 67.9 cm³/mol. The number of hydrogen-bond acceptors (Lipinski definition) is 3. The summed E-state index contributed by atoms with van der Waals surface area (Å²) in [6.07, 6.45) is 3.52. The van der Waals surface area contributed by atoms with Gasteiger partial charge >= 0.3 is 0 Å². The SMILES string of the molecule is CC.CC=Nc1cc(C(C)C)cnc1N. The molecule has 1 rings (SSSR count). The van der Waals surface area contributed by atoms with Crippen LogP contribution in [0.25, 0.3) is 0 Å². The van der Waals surface area contributed by atoms with Crippen molar-refractivity contribution in [3.8, 4) is 0 Å². The van der Waals surface area contributed by atoms with Crippen molar-refractivity contribution in [2.75, 3.05) is 5.73 Å². The summed E-state index contributed by atoms with van der Waals surface area (Å²) in [6, 6.07) is 1.98. The maximum Gasteiger partial charge on any atom is 0.149 e. The van der Waals surface area contributed by atoms with Crippen LogP contribution in [0.15, 0.2) is 17.3 Å². The summed E-state index contributed by atoms with van der Waals surface area (Å²) in [5.41, 5.74) is 7.57. The molecular formula is C12H21N3. The van der Waals surface area contributed by atoms with E-state index < -0.39 is 0 Å². The van der Waals surface area contributed by atoms with Gasteiger partial charge in [0.15, 0.2) is 0 Å². The first-order chi connectivity index (χ1) is 7.15. The minimum absolute atomic E-state index is 0.457. The van der Waals surface area contributed by atoms with Gasteiger partial charge in [-0.25, -0.2) is 4.98 Å². The number of aromatic nitrogens is 1. The fourth-order valence-electron chi connectivity index (χ4n) is 1.04.